The highest BCUT2D eigenvalue weighted by atomic mass is 19.1. The van der Waals surface area contributed by atoms with Gasteiger partial charge in [0.15, 0.2) is 5.78 Å². The highest BCUT2D eigenvalue weighted by Crippen LogP contribution is 2.23. The van der Waals surface area contributed by atoms with Gasteiger partial charge < -0.3 is 10.2 Å². The van der Waals surface area contributed by atoms with Crippen LogP contribution in [0.3, 0.4) is 0 Å². The predicted molar refractivity (Wildman–Crippen MR) is 113 cm³/mol. The fourth-order valence-corrected chi connectivity index (χ4v) is 3.66. The first-order valence-corrected chi connectivity index (χ1v) is 10.0. The zero-order valence-corrected chi connectivity index (χ0v) is 17.2. The number of ketones is 1. The van der Waals surface area contributed by atoms with Crippen LogP contribution in [0.5, 0.6) is 0 Å². The third-order valence-corrected chi connectivity index (χ3v) is 5.59. The molecule has 2 atom stereocenters. The first-order chi connectivity index (χ1) is 13.9. The van der Waals surface area contributed by atoms with Crippen molar-refractivity contribution in [3.63, 3.8) is 0 Å². The highest BCUT2D eigenvalue weighted by molar-refractivity contribution is 5.94. The lowest BCUT2D eigenvalue weighted by atomic mass is 10.1. The van der Waals surface area contributed by atoms with Gasteiger partial charge in [-0.25, -0.2) is 4.39 Å². The van der Waals surface area contributed by atoms with Crippen molar-refractivity contribution >= 4 is 17.4 Å². The quantitative estimate of drug-likeness (QED) is 0.759. The number of carbonyl (C=O) groups excluding carboxylic acids is 2. The molecule has 2 aromatic rings. The Kier molecular flexibility index (Phi) is 6.64. The Balaban J connectivity index is 1.56. The maximum atomic E-state index is 14.4. The molecule has 29 heavy (non-hydrogen) atoms. The van der Waals surface area contributed by atoms with Crippen LogP contribution in [-0.2, 0) is 4.79 Å². The third-order valence-electron chi connectivity index (χ3n) is 5.59. The molecule has 154 valence electrons. The van der Waals surface area contributed by atoms with Gasteiger partial charge in [0.2, 0.25) is 5.91 Å². The second kappa shape index (κ2) is 9.18. The Hall–Kier alpha value is -2.73. The zero-order chi connectivity index (χ0) is 21.0. The average molecular weight is 397 g/mol. The van der Waals surface area contributed by atoms with Crippen molar-refractivity contribution < 1.29 is 14.0 Å². The standard InChI is InChI=1S/C23H28FN3O2/c1-16(19-7-5-4-6-8-19)25-23(29)17(2)26-11-13-27(14-12-26)22-10-9-20(18(3)28)15-21(22)24/h4-10,15-17H,11-14H2,1-3H3,(H,25,29). The van der Waals surface area contributed by atoms with Crippen molar-refractivity contribution in [1.82, 2.24) is 10.2 Å². The van der Waals surface area contributed by atoms with E-state index in [1.54, 1.807) is 12.1 Å². The Labute approximate surface area is 171 Å². The summed E-state index contributed by atoms with van der Waals surface area (Å²) in [6, 6.07) is 14.2. The van der Waals surface area contributed by atoms with Crippen molar-refractivity contribution in [2.24, 2.45) is 0 Å². The van der Waals surface area contributed by atoms with Gasteiger partial charge in [0.25, 0.3) is 0 Å². The molecule has 5 nitrogen and oxygen atoms in total. The lowest BCUT2D eigenvalue weighted by Gasteiger charge is -2.38. The van der Waals surface area contributed by atoms with E-state index in [1.165, 1.54) is 13.0 Å². The van der Waals surface area contributed by atoms with Gasteiger partial charge in [-0.15, -0.1) is 0 Å². The van der Waals surface area contributed by atoms with E-state index in [0.717, 1.165) is 5.56 Å². The maximum Gasteiger partial charge on any atom is 0.237 e. The molecule has 0 saturated carbocycles. The van der Waals surface area contributed by atoms with E-state index in [1.807, 2.05) is 49.1 Å². The van der Waals surface area contributed by atoms with Gasteiger partial charge in [-0.05, 0) is 44.5 Å². The van der Waals surface area contributed by atoms with E-state index in [0.29, 0.717) is 37.4 Å². The predicted octanol–water partition coefficient (Wildman–Crippen LogP) is 3.42. The van der Waals surface area contributed by atoms with Gasteiger partial charge in [-0.1, -0.05) is 30.3 Å². The second-order valence-electron chi connectivity index (χ2n) is 7.56. The van der Waals surface area contributed by atoms with Crippen molar-refractivity contribution in [2.45, 2.75) is 32.9 Å². The Morgan fingerprint density at radius 2 is 1.66 bits per heavy atom. The molecule has 1 heterocycles. The average Bonchev–Trinajstić information content (AvgIpc) is 2.73. The fourth-order valence-electron chi connectivity index (χ4n) is 3.66. The summed E-state index contributed by atoms with van der Waals surface area (Å²) in [4.78, 5) is 28.2. The van der Waals surface area contributed by atoms with Crippen LogP contribution in [0.15, 0.2) is 48.5 Å². The second-order valence-corrected chi connectivity index (χ2v) is 7.56. The lowest BCUT2D eigenvalue weighted by molar-refractivity contribution is -0.126. The monoisotopic (exact) mass is 397 g/mol. The number of nitrogens with one attached hydrogen (secondary N) is 1. The summed E-state index contributed by atoms with van der Waals surface area (Å²) in [7, 11) is 0. The van der Waals surface area contributed by atoms with Gasteiger partial charge in [-0.3, -0.25) is 14.5 Å². The van der Waals surface area contributed by atoms with Gasteiger partial charge in [-0.2, -0.15) is 0 Å². The molecule has 0 spiro atoms. The lowest BCUT2D eigenvalue weighted by Crippen LogP contribution is -2.54. The Morgan fingerprint density at radius 1 is 1.00 bits per heavy atom. The largest absolute Gasteiger partial charge is 0.367 e. The van der Waals surface area contributed by atoms with Crippen LogP contribution in [-0.4, -0.2) is 48.8 Å². The van der Waals surface area contributed by atoms with E-state index >= 15 is 0 Å². The molecular formula is C23H28FN3O2. The molecule has 3 rings (SSSR count). The Bertz CT molecular complexity index is 864. The summed E-state index contributed by atoms with van der Waals surface area (Å²) in [5, 5.41) is 3.08. The summed E-state index contributed by atoms with van der Waals surface area (Å²) < 4.78 is 14.4. The summed E-state index contributed by atoms with van der Waals surface area (Å²) in [5.41, 5.74) is 1.95. The molecule has 1 amide bonds. The van der Waals surface area contributed by atoms with E-state index in [-0.39, 0.29) is 29.6 Å². The molecule has 1 aliphatic rings. The molecule has 6 heteroatoms. The van der Waals surface area contributed by atoms with Gasteiger partial charge in [0.1, 0.15) is 5.82 Å². The van der Waals surface area contributed by atoms with Crippen molar-refractivity contribution in [3.8, 4) is 0 Å². The van der Waals surface area contributed by atoms with Crippen LogP contribution in [0.4, 0.5) is 10.1 Å². The molecule has 2 unspecified atom stereocenters. The van der Waals surface area contributed by atoms with Crippen LogP contribution in [0.25, 0.3) is 0 Å². The molecule has 0 aromatic heterocycles. The number of rotatable bonds is 6. The maximum absolute atomic E-state index is 14.4. The van der Waals surface area contributed by atoms with Gasteiger partial charge >= 0.3 is 0 Å². The van der Waals surface area contributed by atoms with Crippen LogP contribution >= 0.6 is 0 Å². The third kappa shape index (κ3) is 5.01. The minimum absolute atomic E-state index is 0.00760. The number of anilines is 1. The highest BCUT2D eigenvalue weighted by Gasteiger charge is 2.27. The van der Waals surface area contributed by atoms with Crippen LogP contribution < -0.4 is 10.2 Å². The fraction of sp³-hybridized carbons (Fsp3) is 0.391. The van der Waals surface area contributed by atoms with Crippen molar-refractivity contribution in [1.29, 1.82) is 0 Å². The first kappa shape index (κ1) is 21.0. The summed E-state index contributed by atoms with van der Waals surface area (Å²) >= 11 is 0. The number of carbonyl (C=O) groups is 2. The van der Waals surface area contributed by atoms with E-state index in [4.69, 9.17) is 0 Å². The molecule has 0 aliphatic carbocycles. The summed E-state index contributed by atoms with van der Waals surface area (Å²) in [6.45, 7) is 7.91. The van der Waals surface area contributed by atoms with Crippen molar-refractivity contribution in [2.75, 3.05) is 31.1 Å². The summed E-state index contributed by atoms with van der Waals surface area (Å²) in [6.07, 6.45) is 0. The van der Waals surface area contributed by atoms with E-state index in [2.05, 4.69) is 10.2 Å². The Morgan fingerprint density at radius 3 is 2.24 bits per heavy atom. The molecule has 2 aromatic carbocycles. The number of hydrogen-bond donors (Lipinski definition) is 1. The number of halogens is 1. The first-order valence-electron chi connectivity index (χ1n) is 10.0. The van der Waals surface area contributed by atoms with Gasteiger partial charge in [0, 0.05) is 31.7 Å². The molecule has 0 bridgehead atoms. The van der Waals surface area contributed by atoms with E-state index < -0.39 is 0 Å². The minimum atomic E-state index is -0.381. The number of Topliss-reactive ketones (excluding diaryl/α,β-unsaturated/α-hetero) is 1. The molecule has 1 fully saturated rings. The number of nitrogens with zero attached hydrogens (tertiary/aromatic N) is 2. The van der Waals surface area contributed by atoms with Crippen molar-refractivity contribution in [3.05, 3.63) is 65.5 Å². The number of benzene rings is 2. The van der Waals surface area contributed by atoms with E-state index in [9.17, 15) is 14.0 Å². The minimum Gasteiger partial charge on any atom is -0.367 e. The summed E-state index contributed by atoms with van der Waals surface area (Å²) in [5.74, 6) is -0.537. The molecule has 1 N–H and O–H groups in total. The number of piperazine rings is 1. The molecule has 0 radical (unpaired) electrons. The topological polar surface area (TPSA) is 52.7 Å². The molecule has 1 saturated heterocycles. The molecule has 1 aliphatic heterocycles. The van der Waals surface area contributed by atoms with Crippen LogP contribution in [0, 0.1) is 5.82 Å². The zero-order valence-electron chi connectivity index (χ0n) is 17.2. The molecular weight excluding hydrogens is 369 g/mol. The van der Waals surface area contributed by atoms with Gasteiger partial charge in [0.05, 0.1) is 17.8 Å². The number of hydrogen-bond acceptors (Lipinski definition) is 4. The van der Waals surface area contributed by atoms with Crippen LogP contribution in [0.2, 0.25) is 0 Å². The normalized spacial score (nSPS) is 16.9. The smallest absolute Gasteiger partial charge is 0.237 e. The SMILES string of the molecule is CC(=O)c1ccc(N2CCN(C(C)C(=O)NC(C)c3ccccc3)CC2)c(F)c1. The van der Waals surface area contributed by atoms with Crippen LogP contribution in [0.1, 0.15) is 42.7 Å². The number of amides is 1.